The number of benzene rings is 1. The number of anilines is 1. The topological polar surface area (TPSA) is 29.1 Å². The molecule has 0 fully saturated rings. The van der Waals surface area contributed by atoms with Gasteiger partial charge in [-0.05, 0) is 44.0 Å². The summed E-state index contributed by atoms with van der Waals surface area (Å²) < 4.78 is 0. The molecule has 0 aliphatic rings. The Morgan fingerprint density at radius 1 is 1.11 bits per heavy atom. The standard InChI is InChI=1S/C16H25NO/c1-4-6-8-15(7-5-2)17-16-11-9-14(10-12-16)13(3)18/h9-12,15,17H,4-8H2,1-3H3. The molecule has 0 radical (unpaired) electrons. The van der Waals surface area contributed by atoms with Crippen LogP contribution in [0.2, 0.25) is 0 Å². The lowest BCUT2D eigenvalue weighted by Crippen LogP contribution is -2.19. The van der Waals surface area contributed by atoms with Crippen molar-refractivity contribution < 1.29 is 4.79 Å². The summed E-state index contributed by atoms with van der Waals surface area (Å²) >= 11 is 0. The Morgan fingerprint density at radius 3 is 2.28 bits per heavy atom. The van der Waals surface area contributed by atoms with Gasteiger partial charge in [-0.25, -0.2) is 0 Å². The lowest BCUT2D eigenvalue weighted by Gasteiger charge is -2.19. The van der Waals surface area contributed by atoms with Gasteiger partial charge in [0.25, 0.3) is 0 Å². The molecular formula is C16H25NO. The summed E-state index contributed by atoms with van der Waals surface area (Å²) in [6, 6.07) is 8.36. The van der Waals surface area contributed by atoms with E-state index >= 15 is 0 Å². The molecule has 1 N–H and O–H groups in total. The number of Topliss-reactive ketones (excluding diaryl/α,β-unsaturated/α-hetero) is 1. The molecule has 1 unspecified atom stereocenters. The Bertz CT molecular complexity index is 356. The monoisotopic (exact) mass is 247 g/mol. The molecule has 0 aliphatic heterocycles. The van der Waals surface area contributed by atoms with Crippen molar-refractivity contribution in [2.75, 3.05) is 5.32 Å². The van der Waals surface area contributed by atoms with E-state index in [2.05, 4.69) is 19.2 Å². The van der Waals surface area contributed by atoms with Crippen LogP contribution in [0.25, 0.3) is 0 Å². The maximum Gasteiger partial charge on any atom is 0.159 e. The molecule has 0 saturated heterocycles. The fourth-order valence-corrected chi connectivity index (χ4v) is 2.12. The first kappa shape index (κ1) is 14.7. The van der Waals surface area contributed by atoms with Crippen LogP contribution in [0.5, 0.6) is 0 Å². The van der Waals surface area contributed by atoms with Gasteiger partial charge in [0.2, 0.25) is 0 Å². The Kier molecular flexibility index (Phi) is 6.48. The fraction of sp³-hybridized carbons (Fsp3) is 0.562. The molecule has 2 nitrogen and oxygen atoms in total. The highest BCUT2D eigenvalue weighted by Gasteiger charge is 2.07. The van der Waals surface area contributed by atoms with E-state index in [1.807, 2.05) is 24.3 Å². The molecule has 2 heteroatoms. The van der Waals surface area contributed by atoms with Gasteiger partial charge < -0.3 is 5.32 Å². The molecule has 0 saturated carbocycles. The van der Waals surface area contributed by atoms with Gasteiger partial charge in [-0.2, -0.15) is 0 Å². The molecular weight excluding hydrogens is 222 g/mol. The summed E-state index contributed by atoms with van der Waals surface area (Å²) in [4.78, 5) is 11.2. The largest absolute Gasteiger partial charge is 0.382 e. The molecule has 1 atom stereocenters. The van der Waals surface area contributed by atoms with Gasteiger partial charge in [-0.1, -0.05) is 33.1 Å². The van der Waals surface area contributed by atoms with E-state index < -0.39 is 0 Å². The van der Waals surface area contributed by atoms with Crippen LogP contribution in [0, 0.1) is 0 Å². The fourth-order valence-electron chi connectivity index (χ4n) is 2.12. The number of ketones is 1. The van der Waals surface area contributed by atoms with Crippen LogP contribution in [0.3, 0.4) is 0 Å². The average molecular weight is 247 g/mol. The highest BCUT2D eigenvalue weighted by Crippen LogP contribution is 2.16. The van der Waals surface area contributed by atoms with Crippen LogP contribution >= 0.6 is 0 Å². The highest BCUT2D eigenvalue weighted by atomic mass is 16.1. The number of unbranched alkanes of at least 4 members (excludes halogenated alkanes) is 1. The van der Waals surface area contributed by atoms with Crippen molar-refractivity contribution in [1.82, 2.24) is 0 Å². The summed E-state index contributed by atoms with van der Waals surface area (Å²) in [7, 11) is 0. The molecule has 0 amide bonds. The number of rotatable bonds is 8. The Labute approximate surface area is 111 Å². The second-order valence-electron chi connectivity index (χ2n) is 4.91. The first-order valence-electron chi connectivity index (χ1n) is 7.04. The van der Waals surface area contributed by atoms with Gasteiger partial charge in [0.15, 0.2) is 5.78 Å². The van der Waals surface area contributed by atoms with E-state index in [-0.39, 0.29) is 5.78 Å². The zero-order valence-corrected chi connectivity index (χ0v) is 11.8. The Hall–Kier alpha value is -1.31. The Balaban J connectivity index is 2.59. The molecule has 0 aliphatic carbocycles. The predicted molar refractivity (Wildman–Crippen MR) is 78.3 cm³/mol. The third-order valence-corrected chi connectivity index (χ3v) is 3.21. The summed E-state index contributed by atoms with van der Waals surface area (Å²) in [5.74, 6) is 0.123. The van der Waals surface area contributed by atoms with E-state index in [1.165, 1.54) is 32.1 Å². The maximum atomic E-state index is 11.2. The second-order valence-corrected chi connectivity index (χ2v) is 4.91. The van der Waals surface area contributed by atoms with Crippen molar-refractivity contribution in [3.8, 4) is 0 Å². The van der Waals surface area contributed by atoms with Crippen molar-refractivity contribution in [3.05, 3.63) is 29.8 Å². The predicted octanol–water partition coefficient (Wildman–Crippen LogP) is 4.66. The molecule has 1 aromatic carbocycles. The van der Waals surface area contributed by atoms with Crippen molar-refractivity contribution in [2.24, 2.45) is 0 Å². The van der Waals surface area contributed by atoms with Crippen LogP contribution in [0.4, 0.5) is 5.69 Å². The van der Waals surface area contributed by atoms with E-state index in [1.54, 1.807) is 6.92 Å². The highest BCUT2D eigenvalue weighted by molar-refractivity contribution is 5.94. The molecule has 0 spiro atoms. The Morgan fingerprint density at radius 2 is 1.78 bits per heavy atom. The minimum Gasteiger partial charge on any atom is -0.382 e. The smallest absolute Gasteiger partial charge is 0.159 e. The number of carbonyl (C=O) groups is 1. The van der Waals surface area contributed by atoms with Crippen LogP contribution in [-0.2, 0) is 0 Å². The number of hydrogen-bond donors (Lipinski definition) is 1. The van der Waals surface area contributed by atoms with Gasteiger partial charge in [0, 0.05) is 17.3 Å². The van der Waals surface area contributed by atoms with Crippen LogP contribution in [0.1, 0.15) is 63.2 Å². The van der Waals surface area contributed by atoms with E-state index in [0.717, 1.165) is 11.3 Å². The van der Waals surface area contributed by atoms with Gasteiger partial charge in [0.1, 0.15) is 0 Å². The van der Waals surface area contributed by atoms with Crippen LogP contribution in [0.15, 0.2) is 24.3 Å². The molecule has 1 aromatic rings. The molecule has 100 valence electrons. The van der Waals surface area contributed by atoms with Gasteiger partial charge >= 0.3 is 0 Å². The first-order valence-corrected chi connectivity index (χ1v) is 7.04. The van der Waals surface area contributed by atoms with Crippen LogP contribution in [-0.4, -0.2) is 11.8 Å². The molecule has 0 heterocycles. The van der Waals surface area contributed by atoms with Gasteiger partial charge in [-0.15, -0.1) is 0 Å². The quantitative estimate of drug-likeness (QED) is 0.677. The number of carbonyl (C=O) groups excluding carboxylic acids is 1. The van der Waals surface area contributed by atoms with Gasteiger partial charge in [0.05, 0.1) is 0 Å². The number of nitrogens with one attached hydrogen (secondary N) is 1. The molecule has 0 bridgehead atoms. The van der Waals surface area contributed by atoms with E-state index in [9.17, 15) is 4.79 Å². The van der Waals surface area contributed by atoms with Crippen molar-refractivity contribution in [3.63, 3.8) is 0 Å². The minimum atomic E-state index is 0.123. The third kappa shape index (κ3) is 4.91. The first-order chi connectivity index (χ1) is 8.67. The lowest BCUT2D eigenvalue weighted by atomic mass is 10.0. The lowest BCUT2D eigenvalue weighted by molar-refractivity contribution is 0.101. The molecule has 0 aromatic heterocycles. The van der Waals surface area contributed by atoms with Crippen molar-refractivity contribution in [1.29, 1.82) is 0 Å². The zero-order chi connectivity index (χ0) is 13.4. The summed E-state index contributed by atoms with van der Waals surface area (Å²) in [5, 5.41) is 3.57. The summed E-state index contributed by atoms with van der Waals surface area (Å²) in [6.07, 6.45) is 6.13. The second kappa shape index (κ2) is 7.91. The van der Waals surface area contributed by atoms with Crippen LogP contribution < -0.4 is 5.32 Å². The molecule has 18 heavy (non-hydrogen) atoms. The zero-order valence-electron chi connectivity index (χ0n) is 11.8. The van der Waals surface area contributed by atoms with E-state index in [0.29, 0.717) is 6.04 Å². The maximum absolute atomic E-state index is 11.2. The summed E-state index contributed by atoms with van der Waals surface area (Å²) in [6.45, 7) is 6.05. The third-order valence-electron chi connectivity index (χ3n) is 3.21. The normalized spacial score (nSPS) is 12.2. The number of hydrogen-bond acceptors (Lipinski definition) is 2. The minimum absolute atomic E-state index is 0.123. The summed E-state index contributed by atoms with van der Waals surface area (Å²) in [5.41, 5.74) is 1.90. The van der Waals surface area contributed by atoms with Crippen molar-refractivity contribution in [2.45, 2.75) is 58.9 Å². The SMILES string of the molecule is CCCCC(CCC)Nc1ccc(C(C)=O)cc1. The van der Waals surface area contributed by atoms with Crippen molar-refractivity contribution >= 4 is 11.5 Å². The van der Waals surface area contributed by atoms with Gasteiger partial charge in [-0.3, -0.25) is 4.79 Å². The average Bonchev–Trinajstić information content (AvgIpc) is 2.37. The van der Waals surface area contributed by atoms with E-state index in [4.69, 9.17) is 0 Å². The molecule has 1 rings (SSSR count).